The standard InChI is InChI=1S/C25H30N4O7/c1-31-18-7-6-16(12-19(18)32-2)23-27-25(36-28-23)29-10-8-15(9-11-29)24(30)26-17-13-20(33-3)22(35-5)21(14-17)34-4/h6-7,12-15H,8-11H2,1-5H3,(H,26,30). The lowest BCUT2D eigenvalue weighted by atomic mass is 9.96. The molecule has 4 rings (SSSR count). The third kappa shape index (κ3) is 5.09. The molecule has 192 valence electrons. The molecular formula is C25H30N4O7. The lowest BCUT2D eigenvalue weighted by Gasteiger charge is -2.29. The van der Waals surface area contributed by atoms with Gasteiger partial charge in [0, 0.05) is 42.4 Å². The first kappa shape index (κ1) is 25.0. The van der Waals surface area contributed by atoms with Crippen LogP contribution in [-0.2, 0) is 4.79 Å². The van der Waals surface area contributed by atoms with Gasteiger partial charge < -0.3 is 38.4 Å². The van der Waals surface area contributed by atoms with Gasteiger partial charge >= 0.3 is 6.01 Å². The van der Waals surface area contributed by atoms with Crippen molar-refractivity contribution in [2.24, 2.45) is 5.92 Å². The van der Waals surface area contributed by atoms with E-state index in [2.05, 4.69) is 15.5 Å². The molecule has 0 atom stereocenters. The molecule has 1 aromatic heterocycles. The number of hydrogen-bond donors (Lipinski definition) is 1. The summed E-state index contributed by atoms with van der Waals surface area (Å²) in [6.07, 6.45) is 1.29. The largest absolute Gasteiger partial charge is 0.493 e. The topological polar surface area (TPSA) is 117 Å². The number of carbonyl (C=O) groups excluding carboxylic acids is 1. The van der Waals surface area contributed by atoms with Crippen molar-refractivity contribution in [2.45, 2.75) is 12.8 Å². The summed E-state index contributed by atoms with van der Waals surface area (Å²) in [5.41, 5.74) is 1.33. The molecule has 0 bridgehead atoms. The summed E-state index contributed by atoms with van der Waals surface area (Å²) in [6.45, 7) is 1.22. The second-order valence-corrected chi connectivity index (χ2v) is 8.13. The Bertz CT molecular complexity index is 1180. The molecule has 1 N–H and O–H groups in total. The number of methoxy groups -OCH3 is 5. The summed E-state index contributed by atoms with van der Waals surface area (Å²) >= 11 is 0. The van der Waals surface area contributed by atoms with Gasteiger partial charge in [0.05, 0.1) is 35.5 Å². The van der Waals surface area contributed by atoms with Gasteiger partial charge in [-0.3, -0.25) is 4.79 Å². The predicted octanol–water partition coefficient (Wildman–Crippen LogP) is 3.63. The van der Waals surface area contributed by atoms with Gasteiger partial charge in [0.15, 0.2) is 23.0 Å². The van der Waals surface area contributed by atoms with Crippen molar-refractivity contribution in [1.82, 2.24) is 10.1 Å². The van der Waals surface area contributed by atoms with Gasteiger partial charge in [0.2, 0.25) is 17.5 Å². The highest BCUT2D eigenvalue weighted by Gasteiger charge is 2.28. The van der Waals surface area contributed by atoms with Crippen molar-refractivity contribution in [1.29, 1.82) is 0 Å². The van der Waals surface area contributed by atoms with E-state index in [1.807, 2.05) is 11.0 Å². The van der Waals surface area contributed by atoms with Gasteiger partial charge in [0.25, 0.3) is 0 Å². The highest BCUT2D eigenvalue weighted by Crippen LogP contribution is 2.40. The number of hydrogen-bond acceptors (Lipinski definition) is 10. The summed E-state index contributed by atoms with van der Waals surface area (Å²) in [5, 5.41) is 7.08. The zero-order valence-corrected chi connectivity index (χ0v) is 21.0. The molecule has 0 radical (unpaired) electrons. The lowest BCUT2D eigenvalue weighted by molar-refractivity contribution is -0.120. The van der Waals surface area contributed by atoms with E-state index in [9.17, 15) is 4.79 Å². The Hall–Kier alpha value is -4.15. The number of piperidine rings is 1. The monoisotopic (exact) mass is 498 g/mol. The van der Waals surface area contributed by atoms with Crippen LogP contribution in [0.15, 0.2) is 34.9 Å². The molecule has 1 fully saturated rings. The molecule has 36 heavy (non-hydrogen) atoms. The molecule has 1 saturated heterocycles. The van der Waals surface area contributed by atoms with Crippen molar-refractivity contribution < 1.29 is 33.0 Å². The van der Waals surface area contributed by atoms with Crippen LogP contribution in [0.4, 0.5) is 11.7 Å². The van der Waals surface area contributed by atoms with E-state index in [0.29, 0.717) is 72.2 Å². The Morgan fingerprint density at radius 1 is 0.889 bits per heavy atom. The van der Waals surface area contributed by atoms with Crippen molar-refractivity contribution in [2.75, 3.05) is 58.9 Å². The van der Waals surface area contributed by atoms with Gasteiger partial charge in [0.1, 0.15) is 0 Å². The summed E-state index contributed by atoms with van der Waals surface area (Å²) in [5.74, 6) is 2.85. The molecule has 1 amide bonds. The van der Waals surface area contributed by atoms with Crippen molar-refractivity contribution in [3.8, 4) is 40.1 Å². The van der Waals surface area contributed by atoms with Gasteiger partial charge in [-0.05, 0) is 31.0 Å². The summed E-state index contributed by atoms with van der Waals surface area (Å²) in [6, 6.07) is 9.28. The van der Waals surface area contributed by atoms with Gasteiger partial charge in [-0.2, -0.15) is 4.98 Å². The fourth-order valence-electron chi connectivity index (χ4n) is 4.17. The number of nitrogens with one attached hydrogen (secondary N) is 1. The van der Waals surface area contributed by atoms with Crippen LogP contribution in [0, 0.1) is 5.92 Å². The van der Waals surface area contributed by atoms with E-state index in [4.69, 9.17) is 28.2 Å². The summed E-state index contributed by atoms with van der Waals surface area (Å²) in [7, 11) is 7.76. The molecule has 3 aromatic rings. The SMILES string of the molecule is COc1ccc(-c2noc(N3CCC(C(=O)Nc4cc(OC)c(OC)c(OC)c4)CC3)n2)cc1OC. The Kier molecular flexibility index (Phi) is 7.67. The molecule has 1 aliphatic heterocycles. The second kappa shape index (κ2) is 11.1. The first-order valence-electron chi connectivity index (χ1n) is 11.4. The summed E-state index contributed by atoms with van der Waals surface area (Å²) < 4.78 is 32.2. The maximum atomic E-state index is 13.0. The minimum atomic E-state index is -0.159. The molecule has 0 saturated carbocycles. The minimum Gasteiger partial charge on any atom is -0.493 e. The van der Waals surface area contributed by atoms with Gasteiger partial charge in [-0.15, -0.1) is 0 Å². The third-order valence-corrected chi connectivity index (χ3v) is 6.13. The predicted molar refractivity (Wildman–Crippen MR) is 133 cm³/mol. The number of carbonyl (C=O) groups is 1. The number of aromatic nitrogens is 2. The van der Waals surface area contributed by atoms with Crippen molar-refractivity contribution >= 4 is 17.6 Å². The van der Waals surface area contributed by atoms with E-state index in [1.165, 1.54) is 21.3 Å². The lowest BCUT2D eigenvalue weighted by Crippen LogP contribution is -2.38. The van der Waals surface area contributed by atoms with E-state index >= 15 is 0 Å². The molecule has 2 heterocycles. The first-order valence-corrected chi connectivity index (χ1v) is 11.4. The molecule has 1 aliphatic rings. The highest BCUT2D eigenvalue weighted by atomic mass is 16.5. The minimum absolute atomic E-state index is 0.0690. The van der Waals surface area contributed by atoms with Crippen LogP contribution in [0.5, 0.6) is 28.7 Å². The first-order chi connectivity index (χ1) is 17.5. The molecule has 0 aliphatic carbocycles. The second-order valence-electron chi connectivity index (χ2n) is 8.13. The van der Waals surface area contributed by atoms with E-state index in [0.717, 1.165) is 5.56 Å². The van der Waals surface area contributed by atoms with Crippen LogP contribution in [0.1, 0.15) is 12.8 Å². The Morgan fingerprint density at radius 2 is 1.53 bits per heavy atom. The number of rotatable bonds is 9. The number of ether oxygens (including phenoxy) is 5. The Balaban J connectivity index is 1.38. The van der Waals surface area contributed by atoms with Crippen molar-refractivity contribution in [3.63, 3.8) is 0 Å². The van der Waals surface area contributed by atoms with Crippen LogP contribution >= 0.6 is 0 Å². The molecule has 0 unspecified atom stereocenters. The van der Waals surface area contributed by atoms with Crippen molar-refractivity contribution in [3.05, 3.63) is 30.3 Å². The van der Waals surface area contributed by atoms with Crippen LogP contribution in [0.3, 0.4) is 0 Å². The Labute approximate surface area is 209 Å². The zero-order chi connectivity index (χ0) is 25.7. The average molecular weight is 499 g/mol. The third-order valence-electron chi connectivity index (χ3n) is 6.13. The zero-order valence-electron chi connectivity index (χ0n) is 21.0. The maximum Gasteiger partial charge on any atom is 0.324 e. The fraction of sp³-hybridized carbons (Fsp3) is 0.400. The molecule has 2 aromatic carbocycles. The van der Waals surface area contributed by atoms with Crippen LogP contribution in [0.25, 0.3) is 11.4 Å². The highest BCUT2D eigenvalue weighted by molar-refractivity contribution is 5.93. The quantitative estimate of drug-likeness (QED) is 0.469. The van der Waals surface area contributed by atoms with Gasteiger partial charge in [-0.1, -0.05) is 5.16 Å². The number of anilines is 2. The fourth-order valence-corrected chi connectivity index (χ4v) is 4.17. The Morgan fingerprint density at radius 3 is 2.11 bits per heavy atom. The normalized spacial score (nSPS) is 13.8. The van der Waals surface area contributed by atoms with E-state index < -0.39 is 0 Å². The molecule has 11 heteroatoms. The number of amides is 1. The van der Waals surface area contributed by atoms with E-state index in [1.54, 1.807) is 38.5 Å². The molecule has 11 nitrogen and oxygen atoms in total. The number of nitrogens with zero attached hydrogens (tertiary/aromatic N) is 3. The van der Waals surface area contributed by atoms with Crippen LogP contribution < -0.4 is 33.9 Å². The molecular weight excluding hydrogens is 468 g/mol. The van der Waals surface area contributed by atoms with E-state index in [-0.39, 0.29) is 11.8 Å². The van der Waals surface area contributed by atoms with Crippen LogP contribution in [-0.4, -0.2) is 64.7 Å². The summed E-state index contributed by atoms with van der Waals surface area (Å²) in [4.78, 5) is 19.5. The maximum absolute atomic E-state index is 13.0. The average Bonchev–Trinajstić information content (AvgIpc) is 3.42. The smallest absolute Gasteiger partial charge is 0.324 e. The number of benzene rings is 2. The van der Waals surface area contributed by atoms with Gasteiger partial charge in [-0.25, -0.2) is 0 Å². The molecule has 0 spiro atoms. The van der Waals surface area contributed by atoms with Crippen LogP contribution in [0.2, 0.25) is 0 Å².